The number of benzene rings is 1. The molecule has 0 atom stereocenters. The van der Waals surface area contributed by atoms with Gasteiger partial charge in [0.2, 0.25) is 11.7 Å². The van der Waals surface area contributed by atoms with E-state index in [1.807, 2.05) is 0 Å². The lowest BCUT2D eigenvalue weighted by Gasteiger charge is -2.10. The van der Waals surface area contributed by atoms with E-state index >= 15 is 0 Å². The summed E-state index contributed by atoms with van der Waals surface area (Å²) < 4.78 is 5.18. The normalized spacial score (nSPS) is 15.6. The molecule has 2 N–H and O–H groups in total. The van der Waals surface area contributed by atoms with Gasteiger partial charge in [0, 0.05) is 17.0 Å². The number of hydrogen-bond donors (Lipinski definition) is 2. The molecule has 0 unspecified atom stereocenters. The number of carboxylic acid groups (broad SMARTS) is 1. The first-order chi connectivity index (χ1) is 9.63. The summed E-state index contributed by atoms with van der Waals surface area (Å²) in [5, 5.41) is 12.4. The second kappa shape index (κ2) is 5.00. The number of nitrogens with one attached hydrogen (secondary N) is 1. The van der Waals surface area contributed by atoms with Crippen LogP contribution in [-0.4, -0.2) is 17.0 Å². The maximum absolute atomic E-state index is 12.0. The fraction of sp³-hybridized carbons (Fsp3) is 0.333. The van der Waals surface area contributed by atoms with Gasteiger partial charge in [0.1, 0.15) is 5.58 Å². The first kappa shape index (κ1) is 12.7. The molecular weight excluding hydrogens is 258 g/mol. The fourth-order valence-electron chi connectivity index (χ4n) is 2.66. The summed E-state index contributed by atoms with van der Waals surface area (Å²) in [6, 6.07) is 6.59. The van der Waals surface area contributed by atoms with E-state index in [9.17, 15) is 9.59 Å². The summed E-state index contributed by atoms with van der Waals surface area (Å²) in [5.74, 6) is -1.05. The minimum atomic E-state index is -1.10. The molecule has 0 spiro atoms. The molecule has 3 rings (SSSR count). The molecule has 104 valence electrons. The Balaban J connectivity index is 1.81. The molecular formula is C15H15NO4. The number of hydrogen-bond acceptors (Lipinski definition) is 3. The molecule has 1 fully saturated rings. The van der Waals surface area contributed by atoms with Crippen LogP contribution < -0.4 is 5.32 Å². The maximum Gasteiger partial charge on any atom is 0.371 e. The van der Waals surface area contributed by atoms with E-state index in [0.29, 0.717) is 16.7 Å². The number of fused-ring (bicyclic) bond motifs is 1. The highest BCUT2D eigenvalue weighted by atomic mass is 16.4. The minimum absolute atomic E-state index is 0.0452. The molecule has 1 amide bonds. The Morgan fingerprint density at radius 3 is 2.65 bits per heavy atom. The van der Waals surface area contributed by atoms with E-state index in [1.165, 1.54) is 6.07 Å². The Kier molecular flexibility index (Phi) is 3.18. The first-order valence-electron chi connectivity index (χ1n) is 6.71. The molecule has 1 heterocycles. The third kappa shape index (κ3) is 2.39. The molecule has 20 heavy (non-hydrogen) atoms. The summed E-state index contributed by atoms with van der Waals surface area (Å²) in [5.41, 5.74) is 1.17. The van der Waals surface area contributed by atoms with Crippen LogP contribution in [0.2, 0.25) is 0 Å². The Bertz CT molecular complexity index is 668. The Hall–Kier alpha value is -2.30. The topological polar surface area (TPSA) is 79.5 Å². The van der Waals surface area contributed by atoms with E-state index in [2.05, 4.69) is 5.32 Å². The zero-order valence-electron chi connectivity index (χ0n) is 10.9. The second-order valence-corrected chi connectivity index (χ2v) is 5.14. The molecule has 1 aliphatic rings. The third-order valence-corrected chi connectivity index (χ3v) is 3.72. The molecule has 5 heteroatoms. The van der Waals surface area contributed by atoms with Gasteiger partial charge in [0.25, 0.3) is 0 Å². The maximum atomic E-state index is 12.0. The van der Waals surface area contributed by atoms with E-state index in [4.69, 9.17) is 9.52 Å². The van der Waals surface area contributed by atoms with Gasteiger partial charge >= 0.3 is 5.97 Å². The van der Waals surface area contributed by atoms with Crippen LogP contribution in [0.4, 0.5) is 5.69 Å². The molecule has 1 aromatic heterocycles. The van der Waals surface area contributed by atoms with Gasteiger partial charge in [-0.2, -0.15) is 0 Å². The van der Waals surface area contributed by atoms with E-state index < -0.39 is 5.97 Å². The SMILES string of the molecule is O=C(O)c1cc2cc(NC(=O)C3CCCC3)ccc2o1. The number of carbonyl (C=O) groups is 2. The molecule has 1 saturated carbocycles. The monoisotopic (exact) mass is 273 g/mol. The number of furan rings is 1. The van der Waals surface area contributed by atoms with Crippen LogP contribution >= 0.6 is 0 Å². The van der Waals surface area contributed by atoms with Crippen LogP contribution in [0.5, 0.6) is 0 Å². The summed E-state index contributed by atoms with van der Waals surface area (Å²) >= 11 is 0. The molecule has 5 nitrogen and oxygen atoms in total. The summed E-state index contributed by atoms with van der Waals surface area (Å²) in [6.45, 7) is 0. The van der Waals surface area contributed by atoms with Crippen LogP contribution in [0, 0.1) is 5.92 Å². The highest BCUT2D eigenvalue weighted by molar-refractivity contribution is 5.96. The zero-order valence-corrected chi connectivity index (χ0v) is 10.9. The lowest BCUT2D eigenvalue weighted by molar-refractivity contribution is -0.119. The van der Waals surface area contributed by atoms with Gasteiger partial charge in [-0.25, -0.2) is 4.79 Å². The van der Waals surface area contributed by atoms with Gasteiger partial charge in [-0.1, -0.05) is 12.8 Å². The lowest BCUT2D eigenvalue weighted by Crippen LogP contribution is -2.20. The van der Waals surface area contributed by atoms with Gasteiger partial charge in [-0.15, -0.1) is 0 Å². The van der Waals surface area contributed by atoms with Crippen LogP contribution in [0.25, 0.3) is 11.0 Å². The van der Waals surface area contributed by atoms with Gasteiger partial charge in [-0.05, 0) is 37.1 Å². The number of anilines is 1. The average molecular weight is 273 g/mol. The molecule has 1 aliphatic carbocycles. The minimum Gasteiger partial charge on any atom is -0.475 e. The molecule has 1 aromatic carbocycles. The van der Waals surface area contributed by atoms with Crippen LogP contribution in [-0.2, 0) is 4.79 Å². The van der Waals surface area contributed by atoms with Crippen molar-refractivity contribution in [3.05, 3.63) is 30.0 Å². The van der Waals surface area contributed by atoms with E-state index in [1.54, 1.807) is 18.2 Å². The largest absolute Gasteiger partial charge is 0.475 e. The third-order valence-electron chi connectivity index (χ3n) is 3.72. The van der Waals surface area contributed by atoms with Gasteiger partial charge < -0.3 is 14.8 Å². The van der Waals surface area contributed by atoms with Crippen LogP contribution in [0.1, 0.15) is 36.2 Å². The predicted octanol–water partition coefficient (Wildman–Crippen LogP) is 3.26. The van der Waals surface area contributed by atoms with Crippen molar-refractivity contribution in [2.24, 2.45) is 5.92 Å². The summed E-state index contributed by atoms with van der Waals surface area (Å²) in [7, 11) is 0. The molecule has 0 aliphatic heterocycles. The number of aromatic carboxylic acids is 1. The van der Waals surface area contributed by atoms with Gasteiger partial charge in [0.15, 0.2) is 0 Å². The van der Waals surface area contributed by atoms with Gasteiger partial charge in [0.05, 0.1) is 0 Å². The quantitative estimate of drug-likeness (QED) is 0.899. The van der Waals surface area contributed by atoms with Gasteiger partial charge in [-0.3, -0.25) is 4.79 Å². The van der Waals surface area contributed by atoms with Crippen molar-refractivity contribution < 1.29 is 19.1 Å². The summed E-state index contributed by atoms with van der Waals surface area (Å²) in [4.78, 5) is 22.9. The smallest absolute Gasteiger partial charge is 0.371 e. The van der Waals surface area contributed by atoms with E-state index in [-0.39, 0.29) is 17.6 Å². The van der Waals surface area contributed by atoms with Crippen molar-refractivity contribution >= 4 is 28.5 Å². The highest BCUT2D eigenvalue weighted by Gasteiger charge is 2.22. The fourth-order valence-corrected chi connectivity index (χ4v) is 2.66. The van der Waals surface area contributed by atoms with Crippen molar-refractivity contribution in [3.63, 3.8) is 0 Å². The number of amides is 1. The van der Waals surface area contributed by atoms with Crippen LogP contribution in [0.15, 0.2) is 28.7 Å². The molecule has 0 bridgehead atoms. The Morgan fingerprint density at radius 2 is 1.95 bits per heavy atom. The zero-order chi connectivity index (χ0) is 14.1. The van der Waals surface area contributed by atoms with Crippen LogP contribution in [0.3, 0.4) is 0 Å². The van der Waals surface area contributed by atoms with Crippen molar-refractivity contribution in [2.75, 3.05) is 5.32 Å². The van der Waals surface area contributed by atoms with Crippen molar-refractivity contribution in [1.29, 1.82) is 0 Å². The number of rotatable bonds is 3. The van der Waals surface area contributed by atoms with Crippen molar-refractivity contribution in [2.45, 2.75) is 25.7 Å². The van der Waals surface area contributed by atoms with E-state index in [0.717, 1.165) is 25.7 Å². The Labute approximate surface area is 115 Å². The molecule has 2 aromatic rings. The standard InChI is InChI=1S/C15H15NO4/c17-14(9-3-1-2-4-9)16-11-5-6-12-10(7-11)8-13(20-12)15(18)19/h5-9H,1-4H2,(H,16,17)(H,18,19). The number of carbonyl (C=O) groups excluding carboxylic acids is 1. The predicted molar refractivity (Wildman–Crippen MR) is 73.8 cm³/mol. The van der Waals surface area contributed by atoms with Crippen molar-refractivity contribution in [1.82, 2.24) is 0 Å². The highest BCUT2D eigenvalue weighted by Crippen LogP contribution is 2.27. The lowest BCUT2D eigenvalue weighted by atomic mass is 10.1. The molecule has 0 saturated heterocycles. The van der Waals surface area contributed by atoms with Crippen molar-refractivity contribution in [3.8, 4) is 0 Å². The Morgan fingerprint density at radius 1 is 1.20 bits per heavy atom. The summed E-state index contributed by atoms with van der Waals surface area (Å²) in [6.07, 6.45) is 4.12. The number of carboxylic acids is 1. The second-order valence-electron chi connectivity index (χ2n) is 5.14. The average Bonchev–Trinajstić information content (AvgIpc) is 3.07. The molecule has 0 radical (unpaired) electrons. The first-order valence-corrected chi connectivity index (χ1v) is 6.71.